The molecule has 3 heterocycles. The molecule has 0 unspecified atom stereocenters. The van der Waals surface area contributed by atoms with Crippen molar-refractivity contribution in [1.29, 1.82) is 0 Å². The van der Waals surface area contributed by atoms with Crippen molar-refractivity contribution in [3.63, 3.8) is 0 Å². The van der Waals surface area contributed by atoms with Crippen molar-refractivity contribution in [2.45, 2.75) is 26.8 Å². The van der Waals surface area contributed by atoms with Crippen LogP contribution in [0.15, 0.2) is 31.9 Å². The van der Waals surface area contributed by atoms with Crippen LogP contribution in [0.4, 0.5) is 9.59 Å². The van der Waals surface area contributed by atoms with Crippen molar-refractivity contribution >= 4 is 47.2 Å². The summed E-state index contributed by atoms with van der Waals surface area (Å²) in [4.78, 5) is 40.3. The van der Waals surface area contributed by atoms with Gasteiger partial charge in [0.15, 0.2) is 11.6 Å². The Labute approximate surface area is 186 Å². The molecular weight excluding hydrogens is 440 g/mol. The lowest BCUT2D eigenvalue weighted by atomic mass is 10.0. The minimum absolute atomic E-state index is 0.0117. The first-order chi connectivity index (χ1) is 15.2. The fraction of sp³-hybridized carbons (Fsp3) is 0.316. The highest BCUT2D eigenvalue weighted by Crippen LogP contribution is 2.33. The molecule has 2 N–H and O–H groups in total. The molecule has 0 bridgehead atoms. The summed E-state index contributed by atoms with van der Waals surface area (Å²) in [6.45, 7) is 3.80. The lowest BCUT2D eigenvalue weighted by Crippen LogP contribution is -2.46. The summed E-state index contributed by atoms with van der Waals surface area (Å²) in [5.74, 6) is 0.264. The van der Waals surface area contributed by atoms with Crippen molar-refractivity contribution in [2.24, 2.45) is 14.6 Å². The van der Waals surface area contributed by atoms with Crippen molar-refractivity contribution in [3.05, 3.63) is 34.2 Å². The van der Waals surface area contributed by atoms with Gasteiger partial charge in [0.2, 0.25) is 0 Å². The molecular formula is C19H18N6O6S. The molecule has 1 aliphatic carbocycles. The van der Waals surface area contributed by atoms with Crippen molar-refractivity contribution in [2.75, 3.05) is 12.9 Å². The number of amidine groups is 1. The van der Waals surface area contributed by atoms with Gasteiger partial charge in [0, 0.05) is 34.2 Å². The Morgan fingerprint density at radius 2 is 1.97 bits per heavy atom. The smallest absolute Gasteiger partial charge is 0.422 e. The van der Waals surface area contributed by atoms with E-state index in [1.54, 1.807) is 13.3 Å². The van der Waals surface area contributed by atoms with Crippen LogP contribution in [0.3, 0.4) is 0 Å². The van der Waals surface area contributed by atoms with Gasteiger partial charge in [-0.1, -0.05) is 0 Å². The Morgan fingerprint density at radius 3 is 2.62 bits per heavy atom. The Balaban J connectivity index is 1.81. The number of pyridine rings is 1. The van der Waals surface area contributed by atoms with Crippen LogP contribution in [0.2, 0.25) is 0 Å². The molecule has 1 aromatic heterocycles. The van der Waals surface area contributed by atoms with E-state index in [9.17, 15) is 24.6 Å². The average Bonchev–Trinajstić information content (AvgIpc) is 2.91. The first-order valence-electron chi connectivity index (χ1n) is 9.39. The molecule has 166 valence electrons. The maximum Gasteiger partial charge on any atom is 0.422 e. The normalized spacial score (nSPS) is 17.3. The number of imide groups is 1. The van der Waals surface area contributed by atoms with Gasteiger partial charge >= 0.3 is 12.2 Å². The van der Waals surface area contributed by atoms with Crippen molar-refractivity contribution in [1.82, 2.24) is 15.0 Å². The summed E-state index contributed by atoms with van der Waals surface area (Å²) in [5.41, 5.74) is 3.34. The molecule has 0 radical (unpaired) electrons. The van der Waals surface area contributed by atoms with Crippen LogP contribution in [0, 0.1) is 13.8 Å². The monoisotopic (exact) mass is 458 g/mol. The zero-order chi connectivity index (χ0) is 23.2. The van der Waals surface area contributed by atoms with Gasteiger partial charge in [0.05, 0.1) is 24.9 Å². The molecule has 0 saturated carbocycles. The maximum atomic E-state index is 12.5. The Kier molecular flexibility index (Phi) is 5.42. The van der Waals surface area contributed by atoms with Gasteiger partial charge in [0.25, 0.3) is 0 Å². The van der Waals surface area contributed by atoms with E-state index in [0.717, 1.165) is 23.1 Å². The minimum atomic E-state index is -1.73. The van der Waals surface area contributed by atoms with Crippen molar-refractivity contribution < 1.29 is 29.3 Å². The molecule has 12 nitrogen and oxygen atoms in total. The second-order valence-corrected chi connectivity index (χ2v) is 7.84. The third-order valence-electron chi connectivity index (χ3n) is 5.15. The summed E-state index contributed by atoms with van der Waals surface area (Å²) in [6.07, 6.45) is -1.80. The van der Waals surface area contributed by atoms with Crippen LogP contribution in [-0.4, -0.2) is 73.3 Å². The number of hydrogen-bond acceptors (Lipinski definition) is 10. The highest BCUT2D eigenvalue weighted by Gasteiger charge is 2.42. The number of carboxylic acid groups (broad SMARTS) is 2. The summed E-state index contributed by atoms with van der Waals surface area (Å²) < 4.78 is 9.49. The number of ether oxygens (including phenoxy) is 1. The van der Waals surface area contributed by atoms with Crippen LogP contribution >= 0.6 is 11.9 Å². The molecule has 4 rings (SSSR count). The molecule has 0 aromatic carbocycles. The van der Waals surface area contributed by atoms with Gasteiger partial charge in [-0.25, -0.2) is 9.59 Å². The second-order valence-electron chi connectivity index (χ2n) is 7.11. The van der Waals surface area contributed by atoms with Gasteiger partial charge < -0.3 is 14.9 Å². The first kappa shape index (κ1) is 21.5. The highest BCUT2D eigenvalue weighted by atomic mass is 32.2. The first-order valence-corrected chi connectivity index (χ1v) is 10.3. The number of hydrogen-bond donors (Lipinski definition) is 2. The number of rotatable bonds is 3. The molecule has 1 aromatic rings. The molecule has 0 atom stereocenters. The highest BCUT2D eigenvalue weighted by molar-refractivity contribution is 7.98. The van der Waals surface area contributed by atoms with E-state index in [4.69, 9.17) is 4.74 Å². The van der Waals surface area contributed by atoms with E-state index in [0.29, 0.717) is 28.3 Å². The van der Waals surface area contributed by atoms with E-state index in [2.05, 4.69) is 19.6 Å². The van der Waals surface area contributed by atoms with E-state index in [1.807, 2.05) is 13.8 Å². The number of Topliss-reactive ketones (excluding diaryl/α,β-unsaturated/α-hetero) is 1. The third kappa shape index (κ3) is 3.49. The van der Waals surface area contributed by atoms with Crippen LogP contribution < -0.4 is 4.74 Å². The molecule has 32 heavy (non-hydrogen) atoms. The van der Waals surface area contributed by atoms with Gasteiger partial charge in [-0.15, -0.1) is 0 Å². The maximum absolute atomic E-state index is 12.5. The Bertz CT molecular complexity index is 1170. The topological polar surface area (TPSA) is 157 Å². The van der Waals surface area contributed by atoms with E-state index in [-0.39, 0.29) is 35.1 Å². The minimum Gasteiger partial charge on any atom is -0.496 e. The summed E-state index contributed by atoms with van der Waals surface area (Å²) in [7, 11) is 1.56. The molecule has 0 fully saturated rings. The number of carbonyl (C=O) groups is 3. The fourth-order valence-electron chi connectivity index (χ4n) is 3.71. The standard InChI is InChI=1S/C19H18N6O6S/c1-8-5-20-12(9(2)16(8)31-3)6-24-21-11-4-13(26)10-7-32-23-17(15(22-24)14(10)11)25(18(27)28)19(29)30/h5H,4,6-7H2,1-3H3,(H,27,28)(H,29,30). The molecule has 0 spiro atoms. The SMILES string of the molecule is COc1c(C)cnc(CN2N=C3CC(=O)C4=C3C(=N2)C(N(C(=O)O)C(=O)O)=NSC4)c1C. The number of amides is 2. The zero-order valence-electron chi connectivity index (χ0n) is 17.3. The summed E-state index contributed by atoms with van der Waals surface area (Å²) >= 11 is 0.888. The number of nitrogens with zero attached hydrogens (tertiary/aromatic N) is 6. The van der Waals surface area contributed by atoms with Crippen LogP contribution in [0.1, 0.15) is 23.2 Å². The van der Waals surface area contributed by atoms with E-state index >= 15 is 0 Å². The Hall–Kier alpha value is -3.74. The Morgan fingerprint density at radius 1 is 1.25 bits per heavy atom. The van der Waals surface area contributed by atoms with E-state index in [1.165, 1.54) is 5.12 Å². The summed E-state index contributed by atoms with van der Waals surface area (Å²) in [5, 5.41) is 29.0. The number of aromatic nitrogens is 1. The lowest BCUT2D eigenvalue weighted by molar-refractivity contribution is -0.114. The molecule has 13 heteroatoms. The largest absolute Gasteiger partial charge is 0.496 e. The average molecular weight is 458 g/mol. The van der Waals surface area contributed by atoms with Gasteiger partial charge in [0.1, 0.15) is 18.0 Å². The zero-order valence-corrected chi connectivity index (χ0v) is 18.1. The number of ketones is 1. The predicted octanol–water partition coefficient (Wildman–Crippen LogP) is 2.22. The van der Waals surface area contributed by atoms with Crippen molar-refractivity contribution in [3.8, 4) is 5.75 Å². The second kappa shape index (κ2) is 8.07. The van der Waals surface area contributed by atoms with E-state index < -0.39 is 18.0 Å². The van der Waals surface area contributed by atoms with Crippen LogP contribution in [0.25, 0.3) is 0 Å². The van der Waals surface area contributed by atoms with Gasteiger partial charge in [-0.05, 0) is 25.8 Å². The predicted molar refractivity (Wildman–Crippen MR) is 115 cm³/mol. The number of methoxy groups -OCH3 is 1. The molecule has 2 aliphatic heterocycles. The van der Waals surface area contributed by atoms with Gasteiger partial charge in [-0.3, -0.25) is 9.78 Å². The van der Waals surface area contributed by atoms with Crippen LogP contribution in [-0.2, 0) is 11.3 Å². The molecule has 3 aliphatic rings. The molecule has 0 saturated heterocycles. The van der Waals surface area contributed by atoms with Gasteiger partial charge in [-0.2, -0.15) is 24.6 Å². The lowest BCUT2D eigenvalue weighted by Gasteiger charge is -2.25. The fourth-order valence-corrected chi connectivity index (χ4v) is 4.50. The summed E-state index contributed by atoms with van der Waals surface area (Å²) in [6, 6.07) is 0. The number of aryl methyl sites for hydroxylation is 1. The van der Waals surface area contributed by atoms with Crippen LogP contribution in [0.5, 0.6) is 5.75 Å². The number of hydrazone groups is 2. The molecule has 2 amide bonds. The quantitative estimate of drug-likeness (QED) is 0.648. The third-order valence-corrected chi connectivity index (χ3v) is 5.87. The number of carbonyl (C=O) groups excluding carboxylic acids is 1.